The van der Waals surface area contributed by atoms with Crippen LogP contribution in [0.15, 0.2) is 0 Å². The van der Waals surface area contributed by atoms with Crippen molar-refractivity contribution in [2.24, 2.45) is 0 Å². The van der Waals surface area contributed by atoms with Gasteiger partial charge in [-0.3, -0.25) is 0 Å². The van der Waals surface area contributed by atoms with Crippen molar-refractivity contribution in [2.45, 2.75) is 38.7 Å². The average Bonchev–Trinajstić information content (AvgIpc) is 2.22. The van der Waals surface area contributed by atoms with Crippen LogP contribution in [0.4, 0.5) is 5.82 Å². The minimum Gasteiger partial charge on any atom is -0.369 e. The van der Waals surface area contributed by atoms with E-state index in [0.717, 1.165) is 33.2 Å². The number of hydrogen-bond acceptors (Lipinski definition) is 4. The van der Waals surface area contributed by atoms with Crippen LogP contribution in [0, 0.1) is 10.5 Å². The molecule has 0 saturated carbocycles. The molecule has 0 aliphatic heterocycles. The number of anilines is 1. The van der Waals surface area contributed by atoms with Crippen LogP contribution in [0.5, 0.6) is 0 Å². The smallest absolute Gasteiger partial charge is 0.143 e. The molecule has 1 aromatic rings. The second-order valence-corrected chi connectivity index (χ2v) is 6.42. The molecule has 3 nitrogen and oxygen atoms in total. The number of thioether (sulfide) groups is 1. The molecule has 1 rings (SSSR count). The fourth-order valence-electron chi connectivity index (χ4n) is 1.21. The highest BCUT2D eigenvalue weighted by Crippen LogP contribution is 2.21. The molecule has 0 atom stereocenters. The topological polar surface area (TPSA) is 37.8 Å². The monoisotopic (exact) mass is 351 g/mol. The van der Waals surface area contributed by atoms with Gasteiger partial charge in [-0.25, -0.2) is 9.97 Å². The Labute approximate surface area is 115 Å². The van der Waals surface area contributed by atoms with Crippen molar-refractivity contribution < 1.29 is 0 Å². The molecule has 0 bridgehead atoms. The lowest BCUT2D eigenvalue weighted by molar-refractivity contribution is 0.969. The lowest BCUT2D eigenvalue weighted by Crippen LogP contribution is -2.08. The molecular formula is C11H18IN3S. The maximum atomic E-state index is 4.54. The van der Waals surface area contributed by atoms with Crippen molar-refractivity contribution in [1.82, 2.24) is 9.97 Å². The Balaban J connectivity index is 2.86. The normalized spacial score (nSPS) is 10.9. The largest absolute Gasteiger partial charge is 0.369 e. The van der Waals surface area contributed by atoms with Gasteiger partial charge in [0, 0.05) is 6.54 Å². The van der Waals surface area contributed by atoms with E-state index in [0.29, 0.717) is 5.25 Å². The summed E-state index contributed by atoms with van der Waals surface area (Å²) < 4.78 is 1.12. The van der Waals surface area contributed by atoms with Crippen LogP contribution in [0.2, 0.25) is 0 Å². The molecule has 5 heteroatoms. The zero-order valence-corrected chi connectivity index (χ0v) is 13.1. The van der Waals surface area contributed by atoms with Gasteiger partial charge in [0.2, 0.25) is 0 Å². The van der Waals surface area contributed by atoms with E-state index in [1.54, 1.807) is 0 Å². The highest BCUT2D eigenvalue weighted by atomic mass is 127. The van der Waals surface area contributed by atoms with Crippen LogP contribution in [0.25, 0.3) is 0 Å². The minimum absolute atomic E-state index is 0.616. The predicted molar refractivity (Wildman–Crippen MR) is 80.1 cm³/mol. The van der Waals surface area contributed by atoms with Crippen LogP contribution in [0.3, 0.4) is 0 Å². The molecular weight excluding hydrogens is 333 g/mol. The van der Waals surface area contributed by atoms with Crippen LogP contribution in [-0.4, -0.2) is 21.8 Å². The van der Waals surface area contributed by atoms with Crippen molar-refractivity contribution in [3.05, 3.63) is 15.1 Å². The molecule has 0 aromatic carbocycles. The molecule has 0 radical (unpaired) electrons. The van der Waals surface area contributed by atoms with Crippen LogP contribution in [0.1, 0.15) is 32.3 Å². The van der Waals surface area contributed by atoms with Crippen molar-refractivity contribution in [1.29, 1.82) is 0 Å². The first-order valence-electron chi connectivity index (χ1n) is 5.43. The van der Waals surface area contributed by atoms with Gasteiger partial charge >= 0.3 is 0 Å². The summed E-state index contributed by atoms with van der Waals surface area (Å²) in [6.45, 7) is 9.39. The van der Waals surface area contributed by atoms with E-state index in [1.165, 1.54) is 0 Å². The molecule has 1 heterocycles. The Hall–Kier alpha value is -0.0400. The van der Waals surface area contributed by atoms with Gasteiger partial charge in [0.15, 0.2) is 0 Å². The maximum absolute atomic E-state index is 4.54. The Morgan fingerprint density at radius 3 is 2.62 bits per heavy atom. The van der Waals surface area contributed by atoms with Gasteiger partial charge < -0.3 is 5.32 Å². The van der Waals surface area contributed by atoms with Gasteiger partial charge in [0.1, 0.15) is 11.6 Å². The van der Waals surface area contributed by atoms with Gasteiger partial charge in [-0.1, -0.05) is 13.8 Å². The van der Waals surface area contributed by atoms with Crippen LogP contribution < -0.4 is 5.32 Å². The van der Waals surface area contributed by atoms with E-state index in [9.17, 15) is 0 Å². The number of nitrogens with zero attached hydrogens (tertiary/aromatic N) is 2. The number of rotatable bonds is 5. The first kappa shape index (κ1) is 14.0. The average molecular weight is 351 g/mol. The van der Waals surface area contributed by atoms with Crippen LogP contribution in [-0.2, 0) is 5.75 Å². The van der Waals surface area contributed by atoms with Gasteiger partial charge in [0.25, 0.3) is 0 Å². The fourth-order valence-corrected chi connectivity index (χ4v) is 2.25. The molecule has 0 aliphatic rings. The Bertz CT molecular complexity index is 355. The summed E-state index contributed by atoms with van der Waals surface area (Å²) in [6.07, 6.45) is 0. The SMILES string of the molecule is CCNc1nc(CSC(C)C)nc(C)c1I. The highest BCUT2D eigenvalue weighted by molar-refractivity contribution is 14.1. The van der Waals surface area contributed by atoms with E-state index in [-0.39, 0.29) is 0 Å². The molecule has 0 fully saturated rings. The fraction of sp³-hybridized carbons (Fsp3) is 0.636. The van der Waals surface area contributed by atoms with Gasteiger partial charge in [-0.05, 0) is 41.7 Å². The minimum atomic E-state index is 0.616. The molecule has 0 aliphatic carbocycles. The Kier molecular flexibility index (Phi) is 5.82. The standard InChI is InChI=1S/C11H18IN3S/c1-5-13-11-10(12)8(4)14-9(15-11)6-16-7(2)3/h7H,5-6H2,1-4H3,(H,13,14,15). The molecule has 0 unspecified atom stereocenters. The van der Waals surface area contributed by atoms with Crippen molar-refractivity contribution in [3.8, 4) is 0 Å². The summed E-state index contributed by atoms with van der Waals surface area (Å²) in [5.74, 6) is 2.77. The van der Waals surface area contributed by atoms with E-state index >= 15 is 0 Å². The second kappa shape index (κ2) is 6.64. The number of nitrogens with one attached hydrogen (secondary N) is 1. The van der Waals surface area contributed by atoms with E-state index < -0.39 is 0 Å². The molecule has 16 heavy (non-hydrogen) atoms. The summed E-state index contributed by atoms with van der Waals surface area (Å²) in [5.41, 5.74) is 1.06. The molecule has 1 aromatic heterocycles. The third kappa shape index (κ3) is 4.08. The maximum Gasteiger partial charge on any atom is 0.143 e. The number of aryl methyl sites for hydroxylation is 1. The summed E-state index contributed by atoms with van der Waals surface area (Å²) in [5, 5.41) is 3.89. The number of aromatic nitrogens is 2. The number of hydrogen-bond donors (Lipinski definition) is 1. The Morgan fingerprint density at radius 1 is 1.38 bits per heavy atom. The van der Waals surface area contributed by atoms with E-state index in [1.807, 2.05) is 18.7 Å². The van der Waals surface area contributed by atoms with Crippen molar-refractivity contribution in [3.63, 3.8) is 0 Å². The first-order chi connectivity index (χ1) is 7.54. The predicted octanol–water partition coefficient (Wildman–Crippen LogP) is 3.46. The van der Waals surface area contributed by atoms with Gasteiger partial charge in [0.05, 0.1) is 15.0 Å². The third-order valence-corrected chi connectivity index (χ3v) is 4.34. The van der Waals surface area contributed by atoms with Crippen molar-refractivity contribution >= 4 is 40.2 Å². The zero-order chi connectivity index (χ0) is 12.1. The molecule has 0 saturated heterocycles. The molecule has 90 valence electrons. The second-order valence-electron chi connectivity index (χ2n) is 3.78. The summed E-state index contributed by atoms with van der Waals surface area (Å²) in [6, 6.07) is 0. The van der Waals surface area contributed by atoms with Crippen molar-refractivity contribution in [2.75, 3.05) is 11.9 Å². The summed E-state index contributed by atoms with van der Waals surface area (Å²) in [7, 11) is 0. The van der Waals surface area contributed by atoms with Gasteiger partial charge in [-0.15, -0.1) is 0 Å². The van der Waals surface area contributed by atoms with Gasteiger partial charge in [-0.2, -0.15) is 11.8 Å². The highest BCUT2D eigenvalue weighted by Gasteiger charge is 2.09. The first-order valence-corrected chi connectivity index (χ1v) is 7.55. The molecule has 0 amide bonds. The van der Waals surface area contributed by atoms with E-state index in [2.05, 4.69) is 58.6 Å². The third-order valence-electron chi connectivity index (χ3n) is 1.95. The molecule has 1 N–H and O–H groups in total. The molecule has 0 spiro atoms. The lowest BCUT2D eigenvalue weighted by Gasteiger charge is -2.10. The van der Waals surface area contributed by atoms with E-state index in [4.69, 9.17) is 0 Å². The summed E-state index contributed by atoms with van der Waals surface area (Å²) >= 11 is 4.16. The lowest BCUT2D eigenvalue weighted by atomic mass is 10.4. The van der Waals surface area contributed by atoms with Crippen LogP contribution >= 0.6 is 34.4 Å². The number of halogens is 1. The summed E-state index contributed by atoms with van der Waals surface area (Å²) in [4.78, 5) is 9.05. The Morgan fingerprint density at radius 2 is 2.06 bits per heavy atom. The quantitative estimate of drug-likeness (QED) is 0.825. The zero-order valence-electron chi connectivity index (χ0n) is 10.2.